The van der Waals surface area contributed by atoms with Crippen LogP contribution in [0.4, 0.5) is 0 Å². The van der Waals surface area contributed by atoms with E-state index < -0.39 is 0 Å². The topological polar surface area (TPSA) is 45.0 Å². The molecule has 0 radical (unpaired) electrons. The van der Waals surface area contributed by atoms with Gasteiger partial charge in [-0.2, -0.15) is 4.99 Å². The molecule has 2 aliphatic heterocycles. The van der Waals surface area contributed by atoms with Crippen LogP contribution in [0.3, 0.4) is 0 Å². The maximum absolute atomic E-state index is 12.6. The Labute approximate surface area is 164 Å². The fourth-order valence-corrected chi connectivity index (χ4v) is 3.25. The lowest BCUT2D eigenvalue weighted by Crippen LogP contribution is -2.25. The van der Waals surface area contributed by atoms with Gasteiger partial charge < -0.3 is 4.90 Å². The summed E-state index contributed by atoms with van der Waals surface area (Å²) in [4.78, 5) is 23.5. The number of carbonyl (C=O) groups is 1. The van der Waals surface area contributed by atoms with E-state index in [1.165, 1.54) is 0 Å². The Kier molecular flexibility index (Phi) is 4.57. The second-order valence-electron chi connectivity index (χ2n) is 5.85. The Morgan fingerprint density at radius 2 is 1.88 bits per heavy atom. The highest BCUT2D eigenvalue weighted by Crippen LogP contribution is 2.23. The molecule has 4 rings (SSSR count). The Morgan fingerprint density at radius 1 is 1.12 bits per heavy atom. The highest BCUT2D eigenvalue weighted by molar-refractivity contribution is 9.10. The van der Waals surface area contributed by atoms with E-state index in [4.69, 9.17) is 11.6 Å². The monoisotopic (exact) mass is 425 g/mol. The van der Waals surface area contributed by atoms with Crippen molar-refractivity contribution in [2.75, 3.05) is 0 Å². The van der Waals surface area contributed by atoms with Crippen LogP contribution in [0.25, 0.3) is 0 Å². The molecule has 4 nitrogen and oxygen atoms in total. The van der Waals surface area contributed by atoms with Gasteiger partial charge in [0.05, 0.1) is 5.03 Å². The molecule has 2 heterocycles. The molecule has 2 aliphatic rings. The van der Waals surface area contributed by atoms with Crippen LogP contribution in [0.2, 0.25) is 0 Å². The summed E-state index contributed by atoms with van der Waals surface area (Å²) in [5, 5.41) is 0.632. The minimum atomic E-state index is -0.325. The van der Waals surface area contributed by atoms with Gasteiger partial charge in [0.2, 0.25) is 0 Å². The zero-order valence-electron chi connectivity index (χ0n) is 13.6. The number of carbonyl (C=O) groups excluding carboxylic acids is 1. The molecule has 0 saturated heterocycles. The molecule has 0 aromatic heterocycles. The smallest absolute Gasteiger partial charge is 0.279 e. The molecule has 0 fully saturated rings. The third kappa shape index (κ3) is 3.41. The van der Waals surface area contributed by atoms with Gasteiger partial charge in [-0.15, -0.1) is 0 Å². The van der Waals surface area contributed by atoms with Crippen molar-refractivity contribution in [1.29, 1.82) is 0 Å². The minimum Gasteiger partial charge on any atom is -0.327 e. The zero-order chi connectivity index (χ0) is 18.1. The van der Waals surface area contributed by atoms with Crippen molar-refractivity contribution < 1.29 is 4.79 Å². The lowest BCUT2D eigenvalue weighted by molar-refractivity contribution is 0.100. The predicted molar refractivity (Wildman–Crippen MR) is 108 cm³/mol. The normalized spacial score (nSPS) is 17.2. The molecule has 2 aromatic carbocycles. The van der Waals surface area contributed by atoms with E-state index in [9.17, 15) is 4.79 Å². The van der Waals surface area contributed by atoms with Crippen molar-refractivity contribution in [2.24, 2.45) is 9.98 Å². The van der Waals surface area contributed by atoms with Crippen molar-refractivity contribution in [2.45, 2.75) is 6.54 Å². The number of amidine groups is 2. The van der Waals surface area contributed by atoms with Crippen LogP contribution in [-0.2, 0) is 6.54 Å². The average molecular weight is 427 g/mol. The summed E-state index contributed by atoms with van der Waals surface area (Å²) in [5.74, 6) is 0.781. The van der Waals surface area contributed by atoms with Gasteiger partial charge in [-0.25, -0.2) is 4.99 Å². The highest BCUT2D eigenvalue weighted by Gasteiger charge is 2.21. The lowest BCUT2D eigenvalue weighted by Gasteiger charge is -2.21. The van der Waals surface area contributed by atoms with Crippen LogP contribution in [0.5, 0.6) is 0 Å². The predicted octanol–water partition coefficient (Wildman–Crippen LogP) is 4.90. The standard InChI is InChI=1S/C20H13BrClN3O/c21-15-7-5-13(6-8-15)20(26)24-19-17-4-2-1-3-14(17)11-25-12-16(22)9-10-18(25)23-19/h1-10,12H,11H2. The van der Waals surface area contributed by atoms with Gasteiger partial charge in [0.15, 0.2) is 5.84 Å². The molecule has 1 amide bonds. The number of benzene rings is 2. The molecule has 0 bridgehead atoms. The number of aliphatic imine (C=N–C) groups is 2. The molecule has 0 aliphatic carbocycles. The molecule has 128 valence electrons. The van der Waals surface area contributed by atoms with Gasteiger partial charge in [-0.05, 0) is 42.0 Å². The van der Waals surface area contributed by atoms with E-state index in [0.717, 1.165) is 15.6 Å². The number of amides is 1. The molecule has 6 heteroatoms. The molecular weight excluding hydrogens is 414 g/mol. The Morgan fingerprint density at radius 3 is 2.69 bits per heavy atom. The third-order valence-corrected chi connectivity index (χ3v) is 4.84. The zero-order valence-corrected chi connectivity index (χ0v) is 15.9. The van der Waals surface area contributed by atoms with Crippen LogP contribution in [0.1, 0.15) is 21.5 Å². The van der Waals surface area contributed by atoms with Gasteiger partial charge in [0.1, 0.15) is 5.84 Å². The quantitative estimate of drug-likeness (QED) is 0.651. The van der Waals surface area contributed by atoms with Crippen LogP contribution in [0.15, 0.2) is 86.4 Å². The van der Waals surface area contributed by atoms with E-state index in [2.05, 4.69) is 25.9 Å². The molecule has 0 unspecified atom stereocenters. The van der Waals surface area contributed by atoms with Crippen molar-refractivity contribution in [3.8, 4) is 0 Å². The minimum absolute atomic E-state index is 0.325. The van der Waals surface area contributed by atoms with Crippen LogP contribution in [-0.4, -0.2) is 22.5 Å². The number of hydrogen-bond donors (Lipinski definition) is 0. The fourth-order valence-electron chi connectivity index (χ4n) is 2.80. The van der Waals surface area contributed by atoms with Crippen LogP contribution < -0.4 is 0 Å². The van der Waals surface area contributed by atoms with Gasteiger partial charge in [-0.3, -0.25) is 4.79 Å². The summed E-state index contributed by atoms with van der Waals surface area (Å²) >= 11 is 9.49. The molecule has 0 N–H and O–H groups in total. The average Bonchev–Trinajstić information content (AvgIpc) is 2.78. The van der Waals surface area contributed by atoms with Crippen molar-refractivity contribution >= 4 is 45.1 Å². The molecule has 2 aromatic rings. The summed E-state index contributed by atoms with van der Waals surface area (Å²) in [6.07, 6.45) is 5.44. The number of allylic oxidation sites excluding steroid dienone is 2. The lowest BCUT2D eigenvalue weighted by atomic mass is 10.1. The second kappa shape index (κ2) is 7.02. The van der Waals surface area contributed by atoms with Crippen molar-refractivity contribution in [3.05, 3.63) is 93.1 Å². The van der Waals surface area contributed by atoms with Gasteiger partial charge in [0.25, 0.3) is 5.91 Å². The molecule has 0 saturated carbocycles. The number of fused-ring (bicyclic) bond motifs is 2. The summed E-state index contributed by atoms with van der Waals surface area (Å²) in [6.45, 7) is 0.612. The largest absolute Gasteiger partial charge is 0.327 e. The second-order valence-corrected chi connectivity index (χ2v) is 7.20. The maximum Gasteiger partial charge on any atom is 0.279 e. The van der Waals surface area contributed by atoms with E-state index >= 15 is 0 Å². The van der Waals surface area contributed by atoms with E-state index in [1.807, 2.05) is 53.6 Å². The molecule has 26 heavy (non-hydrogen) atoms. The maximum atomic E-state index is 12.6. The van der Waals surface area contributed by atoms with Crippen LogP contribution in [0, 0.1) is 0 Å². The first-order valence-corrected chi connectivity index (χ1v) is 9.15. The van der Waals surface area contributed by atoms with E-state index in [0.29, 0.717) is 28.8 Å². The Balaban J connectivity index is 1.80. The first-order chi connectivity index (χ1) is 12.6. The number of halogens is 2. The van der Waals surface area contributed by atoms with Gasteiger partial charge >= 0.3 is 0 Å². The van der Waals surface area contributed by atoms with Gasteiger partial charge in [-0.1, -0.05) is 51.8 Å². The number of hydrogen-bond acceptors (Lipinski definition) is 2. The van der Waals surface area contributed by atoms with Gasteiger partial charge in [0, 0.05) is 28.3 Å². The van der Waals surface area contributed by atoms with E-state index in [-0.39, 0.29) is 5.91 Å². The Hall–Kier alpha value is -2.50. The van der Waals surface area contributed by atoms with Crippen molar-refractivity contribution in [3.63, 3.8) is 0 Å². The van der Waals surface area contributed by atoms with Crippen LogP contribution >= 0.6 is 27.5 Å². The molecule has 0 atom stereocenters. The van der Waals surface area contributed by atoms with Crippen molar-refractivity contribution in [1.82, 2.24) is 4.90 Å². The number of rotatable bonds is 1. The summed E-state index contributed by atoms with van der Waals surface area (Å²) in [7, 11) is 0. The summed E-state index contributed by atoms with van der Waals surface area (Å²) in [6, 6.07) is 14.9. The fraction of sp³-hybridized carbons (Fsp3) is 0.0500. The summed E-state index contributed by atoms with van der Waals surface area (Å²) < 4.78 is 0.911. The summed E-state index contributed by atoms with van der Waals surface area (Å²) in [5.41, 5.74) is 2.39. The molecular formula is C20H13BrClN3O. The first kappa shape index (κ1) is 16.9. The highest BCUT2D eigenvalue weighted by atomic mass is 79.9. The third-order valence-electron chi connectivity index (χ3n) is 4.08. The Bertz CT molecular complexity index is 1010. The first-order valence-electron chi connectivity index (χ1n) is 7.98. The van der Waals surface area contributed by atoms with E-state index in [1.54, 1.807) is 18.2 Å². The SMILES string of the molecule is O=C(N=C1N=C2C=CC(Cl)=CN2Cc2ccccc21)c1ccc(Br)cc1. The number of nitrogens with zero attached hydrogens (tertiary/aromatic N) is 3. The molecule has 0 spiro atoms.